The second-order valence-electron chi connectivity index (χ2n) is 2.76. The molecule has 1 unspecified atom stereocenters. The third kappa shape index (κ3) is 2.37. The Bertz CT molecular complexity index is 394. The first-order chi connectivity index (χ1) is 6.97. The van der Waals surface area contributed by atoms with Crippen molar-refractivity contribution in [3.63, 3.8) is 0 Å². The smallest absolute Gasteiger partial charge is 0.337 e. The van der Waals surface area contributed by atoms with Crippen molar-refractivity contribution in [2.75, 3.05) is 7.11 Å². The van der Waals surface area contributed by atoms with Crippen molar-refractivity contribution >= 4 is 17.6 Å². The molecule has 0 aliphatic rings. The van der Waals surface area contributed by atoms with Gasteiger partial charge in [-0.2, -0.15) is 0 Å². The van der Waals surface area contributed by atoms with Gasteiger partial charge in [-0.15, -0.1) is 0 Å². The van der Waals surface area contributed by atoms with E-state index in [1.54, 1.807) is 0 Å². The van der Waals surface area contributed by atoms with Gasteiger partial charge in [0.1, 0.15) is 16.6 Å². The summed E-state index contributed by atoms with van der Waals surface area (Å²) in [4.78, 5) is 10.4. The van der Waals surface area contributed by atoms with E-state index < -0.39 is 17.9 Å². The van der Waals surface area contributed by atoms with E-state index in [9.17, 15) is 9.18 Å². The van der Waals surface area contributed by atoms with E-state index in [0.29, 0.717) is 0 Å². The molecule has 0 amide bonds. The van der Waals surface area contributed by atoms with Crippen LogP contribution in [0.1, 0.15) is 11.7 Å². The molecule has 1 aromatic rings. The number of rotatable bonds is 3. The van der Waals surface area contributed by atoms with E-state index >= 15 is 0 Å². The number of aliphatic carboxylic acids is 1. The van der Waals surface area contributed by atoms with Crippen LogP contribution in [0.5, 0.6) is 5.75 Å². The van der Waals surface area contributed by atoms with Crippen LogP contribution in [0.3, 0.4) is 0 Å². The van der Waals surface area contributed by atoms with Crippen LogP contribution in [-0.2, 0) is 4.79 Å². The van der Waals surface area contributed by atoms with Gasteiger partial charge >= 0.3 is 5.97 Å². The maximum absolute atomic E-state index is 13.1. The SMILES string of the molecule is COc1cc(C(O)C(=O)O)cc(F)c1Cl. The summed E-state index contributed by atoms with van der Waals surface area (Å²) < 4.78 is 17.9. The van der Waals surface area contributed by atoms with E-state index in [1.807, 2.05) is 0 Å². The Morgan fingerprint density at radius 1 is 1.60 bits per heavy atom. The van der Waals surface area contributed by atoms with Gasteiger partial charge in [0.15, 0.2) is 6.10 Å². The number of halogens is 2. The summed E-state index contributed by atoms with van der Waals surface area (Å²) in [7, 11) is 1.26. The molecule has 1 rings (SSSR count). The monoisotopic (exact) mass is 234 g/mol. The molecule has 0 saturated carbocycles. The van der Waals surface area contributed by atoms with Gasteiger partial charge < -0.3 is 14.9 Å². The molecule has 82 valence electrons. The first-order valence-electron chi connectivity index (χ1n) is 3.91. The Hall–Kier alpha value is -1.33. The van der Waals surface area contributed by atoms with Crippen LogP contribution in [0.15, 0.2) is 12.1 Å². The molecule has 4 nitrogen and oxygen atoms in total. The predicted molar refractivity (Wildman–Crippen MR) is 50.6 cm³/mol. The molecular formula is C9H8ClFO4. The van der Waals surface area contributed by atoms with Crippen molar-refractivity contribution in [3.8, 4) is 5.75 Å². The zero-order valence-electron chi connectivity index (χ0n) is 7.70. The Kier molecular flexibility index (Phi) is 3.49. The Balaban J connectivity index is 3.22. The maximum atomic E-state index is 13.1. The zero-order chi connectivity index (χ0) is 11.6. The number of benzene rings is 1. The molecule has 0 bridgehead atoms. The number of hydrogen-bond acceptors (Lipinski definition) is 3. The first kappa shape index (κ1) is 11.7. The summed E-state index contributed by atoms with van der Waals surface area (Å²) in [6, 6.07) is 2.02. The summed E-state index contributed by atoms with van der Waals surface area (Å²) in [5.41, 5.74) is -0.124. The molecule has 0 aliphatic heterocycles. The second kappa shape index (κ2) is 4.46. The lowest BCUT2D eigenvalue weighted by atomic mass is 10.1. The zero-order valence-corrected chi connectivity index (χ0v) is 8.45. The average molecular weight is 235 g/mol. The molecule has 0 heterocycles. The van der Waals surface area contributed by atoms with Gasteiger partial charge in [0.05, 0.1) is 7.11 Å². The minimum Gasteiger partial charge on any atom is -0.495 e. The van der Waals surface area contributed by atoms with E-state index in [1.165, 1.54) is 13.2 Å². The molecule has 0 aliphatic carbocycles. The van der Waals surface area contributed by atoms with Gasteiger partial charge in [0.25, 0.3) is 0 Å². The lowest BCUT2D eigenvalue weighted by molar-refractivity contribution is -0.146. The normalized spacial score (nSPS) is 12.3. The van der Waals surface area contributed by atoms with E-state index in [0.717, 1.165) is 6.07 Å². The fourth-order valence-corrected chi connectivity index (χ4v) is 1.22. The number of hydrogen-bond donors (Lipinski definition) is 2. The maximum Gasteiger partial charge on any atom is 0.337 e. The highest BCUT2D eigenvalue weighted by atomic mass is 35.5. The number of carbonyl (C=O) groups is 1. The molecule has 0 saturated heterocycles. The second-order valence-corrected chi connectivity index (χ2v) is 3.14. The molecule has 0 spiro atoms. The minimum atomic E-state index is -1.80. The molecule has 0 aromatic heterocycles. The molecule has 0 radical (unpaired) electrons. The predicted octanol–water partition coefficient (Wildman–Crippen LogP) is 1.61. The van der Waals surface area contributed by atoms with Crippen molar-refractivity contribution in [2.24, 2.45) is 0 Å². The summed E-state index contributed by atoms with van der Waals surface area (Å²) in [5, 5.41) is 17.4. The van der Waals surface area contributed by atoms with Gasteiger partial charge in [-0.05, 0) is 17.7 Å². The van der Waals surface area contributed by atoms with Gasteiger partial charge in [-0.1, -0.05) is 11.6 Å². The topological polar surface area (TPSA) is 66.8 Å². The molecule has 2 N–H and O–H groups in total. The van der Waals surface area contributed by atoms with Crippen LogP contribution >= 0.6 is 11.6 Å². The standard InChI is InChI=1S/C9H8ClFO4/c1-15-6-3-4(8(12)9(13)14)2-5(11)7(6)10/h2-3,8,12H,1H3,(H,13,14). The Labute approximate surface area is 89.9 Å². The first-order valence-corrected chi connectivity index (χ1v) is 4.29. The van der Waals surface area contributed by atoms with Crippen LogP contribution in [0, 0.1) is 5.82 Å². The average Bonchev–Trinajstić information content (AvgIpc) is 2.20. The summed E-state index contributed by atoms with van der Waals surface area (Å²) in [6.07, 6.45) is -1.80. The highest BCUT2D eigenvalue weighted by Crippen LogP contribution is 2.30. The van der Waals surface area contributed by atoms with Crippen LogP contribution in [0.4, 0.5) is 4.39 Å². The summed E-state index contributed by atoms with van der Waals surface area (Å²) in [5.74, 6) is -2.34. The Morgan fingerprint density at radius 3 is 2.67 bits per heavy atom. The lowest BCUT2D eigenvalue weighted by Gasteiger charge is -2.09. The number of carboxylic acids is 1. The van der Waals surface area contributed by atoms with E-state index in [-0.39, 0.29) is 16.3 Å². The van der Waals surface area contributed by atoms with Gasteiger partial charge in [0, 0.05) is 0 Å². The quantitative estimate of drug-likeness (QED) is 0.834. The van der Waals surface area contributed by atoms with Crippen molar-refractivity contribution in [1.29, 1.82) is 0 Å². The molecule has 6 heteroatoms. The van der Waals surface area contributed by atoms with Gasteiger partial charge in [-0.3, -0.25) is 0 Å². The van der Waals surface area contributed by atoms with Crippen LogP contribution in [0.2, 0.25) is 5.02 Å². The molecule has 1 aromatic carbocycles. The van der Waals surface area contributed by atoms with E-state index in [4.69, 9.17) is 26.6 Å². The lowest BCUT2D eigenvalue weighted by Crippen LogP contribution is -2.11. The largest absolute Gasteiger partial charge is 0.495 e. The summed E-state index contributed by atoms with van der Waals surface area (Å²) >= 11 is 5.52. The van der Waals surface area contributed by atoms with Crippen molar-refractivity contribution in [1.82, 2.24) is 0 Å². The summed E-state index contributed by atoms with van der Waals surface area (Å²) in [6.45, 7) is 0. The highest BCUT2D eigenvalue weighted by Gasteiger charge is 2.19. The Morgan fingerprint density at radius 2 is 2.20 bits per heavy atom. The molecular weight excluding hydrogens is 227 g/mol. The number of methoxy groups -OCH3 is 1. The van der Waals surface area contributed by atoms with E-state index in [2.05, 4.69) is 0 Å². The van der Waals surface area contributed by atoms with Crippen LogP contribution < -0.4 is 4.74 Å². The third-order valence-electron chi connectivity index (χ3n) is 1.79. The molecule has 0 fully saturated rings. The third-order valence-corrected chi connectivity index (χ3v) is 2.15. The highest BCUT2D eigenvalue weighted by molar-refractivity contribution is 6.32. The number of aliphatic hydroxyl groups is 1. The number of ether oxygens (including phenoxy) is 1. The van der Waals surface area contributed by atoms with Crippen molar-refractivity contribution < 1.29 is 24.1 Å². The van der Waals surface area contributed by atoms with Crippen molar-refractivity contribution in [3.05, 3.63) is 28.5 Å². The van der Waals surface area contributed by atoms with Gasteiger partial charge in [-0.25, -0.2) is 9.18 Å². The van der Waals surface area contributed by atoms with Crippen LogP contribution in [0.25, 0.3) is 0 Å². The number of carboxylic acid groups (broad SMARTS) is 1. The van der Waals surface area contributed by atoms with Crippen molar-refractivity contribution in [2.45, 2.75) is 6.10 Å². The minimum absolute atomic E-state index is 0.0213. The molecule has 15 heavy (non-hydrogen) atoms. The molecule has 1 atom stereocenters. The fourth-order valence-electron chi connectivity index (χ4n) is 1.03. The van der Waals surface area contributed by atoms with Gasteiger partial charge in [0.2, 0.25) is 0 Å². The fraction of sp³-hybridized carbons (Fsp3) is 0.222. The van der Waals surface area contributed by atoms with Crippen LogP contribution in [-0.4, -0.2) is 23.3 Å². The number of aliphatic hydroxyl groups excluding tert-OH is 1.